The Hall–Kier alpha value is -3.53. The van der Waals surface area contributed by atoms with E-state index >= 15 is 0 Å². The van der Waals surface area contributed by atoms with Crippen LogP contribution in [0.15, 0.2) is 89.7 Å². The molecule has 0 aliphatic rings. The molecule has 1 aromatic heterocycles. The average molecular weight is 343 g/mol. The number of hydrogen-bond donors (Lipinski definition) is 1. The smallest absolute Gasteiger partial charge is 0.252 e. The van der Waals surface area contributed by atoms with Crippen LogP contribution in [0.2, 0.25) is 0 Å². The Bertz CT molecular complexity index is 1090. The minimum absolute atomic E-state index is 0.199. The lowest BCUT2D eigenvalue weighted by molar-refractivity contribution is 0.304. The van der Waals surface area contributed by atoms with Gasteiger partial charge in [-0.3, -0.25) is 4.79 Å². The van der Waals surface area contributed by atoms with Crippen molar-refractivity contribution in [1.29, 1.82) is 0 Å². The summed E-state index contributed by atoms with van der Waals surface area (Å²) >= 11 is 0. The first-order valence-corrected chi connectivity index (χ1v) is 8.35. The summed E-state index contributed by atoms with van der Waals surface area (Å²) in [5, 5.41) is 0.850. The van der Waals surface area contributed by atoms with Gasteiger partial charge >= 0.3 is 0 Å². The molecule has 0 aliphatic carbocycles. The Morgan fingerprint density at radius 1 is 0.769 bits per heavy atom. The van der Waals surface area contributed by atoms with Crippen LogP contribution in [0, 0.1) is 0 Å². The van der Waals surface area contributed by atoms with E-state index in [-0.39, 0.29) is 5.56 Å². The van der Waals surface area contributed by atoms with Gasteiger partial charge in [0.1, 0.15) is 23.9 Å². The maximum atomic E-state index is 11.9. The van der Waals surface area contributed by atoms with E-state index in [1.165, 1.54) is 6.07 Å². The van der Waals surface area contributed by atoms with Crippen LogP contribution in [0.25, 0.3) is 10.9 Å². The second-order valence-corrected chi connectivity index (χ2v) is 5.89. The number of aromatic nitrogens is 1. The van der Waals surface area contributed by atoms with Gasteiger partial charge in [-0.1, -0.05) is 48.5 Å². The maximum Gasteiger partial charge on any atom is 0.252 e. The lowest BCUT2D eigenvalue weighted by Crippen LogP contribution is -2.04. The van der Waals surface area contributed by atoms with Crippen molar-refractivity contribution in [2.24, 2.45) is 0 Å². The second-order valence-electron chi connectivity index (χ2n) is 5.89. The Kier molecular flexibility index (Phi) is 4.39. The van der Waals surface area contributed by atoms with Gasteiger partial charge in [-0.2, -0.15) is 0 Å². The SMILES string of the molecule is O=c1cc(Oc2cccc(OCc3ccccc3)c2)c2ccccc2[nH]1. The van der Waals surface area contributed by atoms with E-state index in [0.29, 0.717) is 23.9 Å². The number of hydrogen-bond acceptors (Lipinski definition) is 3. The van der Waals surface area contributed by atoms with Gasteiger partial charge < -0.3 is 14.5 Å². The Labute approximate surface area is 150 Å². The fourth-order valence-electron chi connectivity index (χ4n) is 2.75. The topological polar surface area (TPSA) is 51.3 Å². The molecule has 1 heterocycles. The fourth-order valence-corrected chi connectivity index (χ4v) is 2.75. The molecule has 0 saturated carbocycles. The molecule has 0 amide bonds. The summed E-state index contributed by atoms with van der Waals surface area (Å²) in [5.41, 5.74) is 1.64. The van der Waals surface area contributed by atoms with Crippen LogP contribution >= 0.6 is 0 Å². The summed E-state index contributed by atoms with van der Waals surface area (Å²) in [6, 6.07) is 26.4. The number of nitrogens with one attached hydrogen (secondary N) is 1. The molecule has 1 N–H and O–H groups in total. The largest absolute Gasteiger partial charge is 0.489 e. The van der Waals surface area contributed by atoms with Crippen LogP contribution in [-0.4, -0.2) is 4.98 Å². The second kappa shape index (κ2) is 7.15. The van der Waals surface area contributed by atoms with Crippen LogP contribution in [-0.2, 0) is 6.61 Å². The minimum Gasteiger partial charge on any atom is -0.489 e. The molecule has 0 spiro atoms. The highest BCUT2D eigenvalue weighted by Crippen LogP contribution is 2.29. The summed E-state index contributed by atoms with van der Waals surface area (Å²) < 4.78 is 11.8. The third kappa shape index (κ3) is 3.59. The predicted octanol–water partition coefficient (Wildman–Crippen LogP) is 4.90. The summed E-state index contributed by atoms with van der Waals surface area (Å²) in [5.74, 6) is 1.84. The molecular weight excluding hydrogens is 326 g/mol. The number of aromatic amines is 1. The van der Waals surface area contributed by atoms with Gasteiger partial charge in [0.05, 0.1) is 5.52 Å². The van der Waals surface area contributed by atoms with E-state index in [1.807, 2.05) is 78.9 Å². The molecule has 26 heavy (non-hydrogen) atoms. The molecule has 4 nitrogen and oxygen atoms in total. The maximum absolute atomic E-state index is 11.9. The number of para-hydroxylation sites is 1. The zero-order valence-corrected chi connectivity index (χ0v) is 14.0. The molecule has 4 heteroatoms. The van der Waals surface area contributed by atoms with Crippen LogP contribution in [0.3, 0.4) is 0 Å². The number of H-pyrrole nitrogens is 1. The lowest BCUT2D eigenvalue weighted by atomic mass is 10.2. The van der Waals surface area contributed by atoms with Crippen molar-refractivity contribution < 1.29 is 9.47 Å². The van der Waals surface area contributed by atoms with Crippen molar-refractivity contribution in [2.45, 2.75) is 6.61 Å². The lowest BCUT2D eigenvalue weighted by Gasteiger charge is -2.11. The molecule has 0 unspecified atom stereocenters. The number of ether oxygens (including phenoxy) is 2. The molecule has 0 saturated heterocycles. The quantitative estimate of drug-likeness (QED) is 0.561. The van der Waals surface area contributed by atoms with Crippen molar-refractivity contribution in [3.8, 4) is 17.2 Å². The molecule has 3 aromatic carbocycles. The number of rotatable bonds is 5. The fraction of sp³-hybridized carbons (Fsp3) is 0.0455. The minimum atomic E-state index is -0.199. The van der Waals surface area contributed by atoms with Gasteiger partial charge in [0, 0.05) is 17.5 Å². The highest BCUT2D eigenvalue weighted by atomic mass is 16.5. The van der Waals surface area contributed by atoms with Crippen LogP contribution in [0.4, 0.5) is 0 Å². The first-order valence-electron chi connectivity index (χ1n) is 8.35. The van der Waals surface area contributed by atoms with E-state index in [4.69, 9.17) is 9.47 Å². The third-order valence-electron chi connectivity index (χ3n) is 3.99. The molecule has 4 rings (SSSR count). The number of benzene rings is 3. The average Bonchev–Trinajstić information content (AvgIpc) is 2.67. The molecule has 0 bridgehead atoms. The van der Waals surface area contributed by atoms with Gasteiger partial charge in [-0.25, -0.2) is 0 Å². The molecule has 0 fully saturated rings. The van der Waals surface area contributed by atoms with E-state index in [0.717, 1.165) is 16.5 Å². The Balaban J connectivity index is 1.57. The zero-order chi connectivity index (χ0) is 17.8. The van der Waals surface area contributed by atoms with Crippen LogP contribution in [0.5, 0.6) is 17.2 Å². The molecular formula is C22H17NO3. The Morgan fingerprint density at radius 3 is 2.42 bits per heavy atom. The molecule has 0 aliphatic heterocycles. The summed E-state index contributed by atoms with van der Waals surface area (Å²) in [4.78, 5) is 14.7. The van der Waals surface area contributed by atoms with Gasteiger partial charge in [-0.15, -0.1) is 0 Å². The highest BCUT2D eigenvalue weighted by molar-refractivity contribution is 5.84. The molecule has 4 aromatic rings. The van der Waals surface area contributed by atoms with Crippen molar-refractivity contribution in [3.05, 3.63) is 101 Å². The first kappa shape index (κ1) is 16.0. The van der Waals surface area contributed by atoms with E-state index in [1.54, 1.807) is 0 Å². The summed E-state index contributed by atoms with van der Waals surface area (Å²) in [7, 11) is 0. The predicted molar refractivity (Wildman–Crippen MR) is 102 cm³/mol. The Morgan fingerprint density at radius 2 is 1.54 bits per heavy atom. The standard InChI is InChI=1S/C22H17NO3/c24-22-14-21(19-11-4-5-12-20(19)23-22)26-18-10-6-9-17(13-18)25-15-16-7-2-1-3-8-16/h1-14H,15H2,(H,23,24). The van der Waals surface area contributed by atoms with Crippen LogP contribution in [0.1, 0.15) is 5.56 Å². The van der Waals surface area contributed by atoms with Crippen molar-refractivity contribution in [3.63, 3.8) is 0 Å². The van der Waals surface area contributed by atoms with Gasteiger partial charge in [-0.05, 0) is 29.8 Å². The zero-order valence-electron chi connectivity index (χ0n) is 14.0. The molecule has 128 valence electrons. The van der Waals surface area contributed by atoms with Crippen molar-refractivity contribution in [1.82, 2.24) is 4.98 Å². The van der Waals surface area contributed by atoms with E-state index in [9.17, 15) is 4.79 Å². The summed E-state index contributed by atoms with van der Waals surface area (Å²) in [6.45, 7) is 0.484. The van der Waals surface area contributed by atoms with Crippen LogP contribution < -0.4 is 15.0 Å². The normalized spacial score (nSPS) is 10.6. The van der Waals surface area contributed by atoms with Gasteiger partial charge in [0.25, 0.3) is 5.56 Å². The highest BCUT2D eigenvalue weighted by Gasteiger charge is 2.06. The number of fused-ring (bicyclic) bond motifs is 1. The van der Waals surface area contributed by atoms with E-state index in [2.05, 4.69) is 4.98 Å². The first-order chi connectivity index (χ1) is 12.8. The molecule has 0 radical (unpaired) electrons. The van der Waals surface area contributed by atoms with Crippen molar-refractivity contribution in [2.75, 3.05) is 0 Å². The number of pyridine rings is 1. The monoisotopic (exact) mass is 343 g/mol. The van der Waals surface area contributed by atoms with Crippen molar-refractivity contribution >= 4 is 10.9 Å². The molecule has 0 atom stereocenters. The van der Waals surface area contributed by atoms with E-state index < -0.39 is 0 Å². The third-order valence-corrected chi connectivity index (χ3v) is 3.99. The summed E-state index contributed by atoms with van der Waals surface area (Å²) in [6.07, 6.45) is 0. The van der Waals surface area contributed by atoms with Gasteiger partial charge in [0.2, 0.25) is 0 Å². The van der Waals surface area contributed by atoms with Gasteiger partial charge in [0.15, 0.2) is 0 Å².